The van der Waals surface area contributed by atoms with E-state index in [2.05, 4.69) is 9.82 Å². The Bertz CT molecular complexity index is 1090. The Balaban J connectivity index is 1.75. The molecule has 0 spiro atoms. The first-order valence-electron chi connectivity index (χ1n) is 8.95. The van der Waals surface area contributed by atoms with Crippen LogP contribution in [0.2, 0.25) is 0 Å². The number of nitrogens with zero attached hydrogens (tertiary/aromatic N) is 2. The summed E-state index contributed by atoms with van der Waals surface area (Å²) in [5.74, 6) is -0.103. The molecule has 1 heterocycles. The Kier molecular flexibility index (Phi) is 5.76. The summed E-state index contributed by atoms with van der Waals surface area (Å²) in [7, 11) is -3.68. The first kappa shape index (κ1) is 20.0. The molecule has 0 fully saturated rings. The van der Waals surface area contributed by atoms with Gasteiger partial charge in [-0.3, -0.25) is 9.48 Å². The average Bonchev–Trinajstić information content (AvgIpc) is 2.94. The van der Waals surface area contributed by atoms with Gasteiger partial charge in [-0.2, -0.15) is 5.10 Å². The van der Waals surface area contributed by atoms with Crippen molar-refractivity contribution in [3.05, 3.63) is 82.7 Å². The van der Waals surface area contributed by atoms with Crippen LogP contribution in [0.3, 0.4) is 0 Å². The molecule has 0 amide bonds. The van der Waals surface area contributed by atoms with E-state index in [0.29, 0.717) is 12.1 Å². The van der Waals surface area contributed by atoms with Crippen molar-refractivity contribution in [3.8, 4) is 0 Å². The Morgan fingerprint density at radius 2 is 1.68 bits per heavy atom. The summed E-state index contributed by atoms with van der Waals surface area (Å²) >= 11 is 0. The lowest BCUT2D eigenvalue weighted by Crippen LogP contribution is -2.24. The molecule has 0 bridgehead atoms. The van der Waals surface area contributed by atoms with Gasteiger partial charge >= 0.3 is 0 Å². The van der Waals surface area contributed by atoms with Gasteiger partial charge in [-0.1, -0.05) is 42.5 Å². The van der Waals surface area contributed by atoms with Gasteiger partial charge in [-0.25, -0.2) is 13.1 Å². The zero-order chi connectivity index (χ0) is 20.3. The molecule has 0 aliphatic heterocycles. The van der Waals surface area contributed by atoms with Gasteiger partial charge in [0.15, 0.2) is 5.78 Å². The molecular formula is C21H23N3O3S. The first-order valence-corrected chi connectivity index (χ1v) is 10.4. The lowest BCUT2D eigenvalue weighted by atomic mass is 10.2. The monoisotopic (exact) mass is 397 g/mol. The molecule has 6 nitrogen and oxygen atoms in total. The SMILES string of the molecule is CC(=O)c1ccc(S(=O)(=O)NCc2c(C)nn(Cc3ccccc3)c2C)cc1. The van der Waals surface area contributed by atoms with Crippen LogP contribution in [0, 0.1) is 13.8 Å². The van der Waals surface area contributed by atoms with Crippen molar-refractivity contribution in [3.63, 3.8) is 0 Å². The molecule has 0 unspecified atom stereocenters. The number of hydrogen-bond donors (Lipinski definition) is 1. The quantitative estimate of drug-likeness (QED) is 0.621. The fraction of sp³-hybridized carbons (Fsp3) is 0.238. The highest BCUT2D eigenvalue weighted by Crippen LogP contribution is 2.17. The van der Waals surface area contributed by atoms with Crippen molar-refractivity contribution in [1.29, 1.82) is 0 Å². The van der Waals surface area contributed by atoms with E-state index in [4.69, 9.17) is 0 Å². The van der Waals surface area contributed by atoms with Gasteiger partial charge in [0.25, 0.3) is 0 Å². The molecule has 0 atom stereocenters. The smallest absolute Gasteiger partial charge is 0.240 e. The number of carbonyl (C=O) groups excluding carboxylic acids is 1. The summed E-state index contributed by atoms with van der Waals surface area (Å²) in [5.41, 5.74) is 4.19. The van der Waals surface area contributed by atoms with Crippen LogP contribution in [0.25, 0.3) is 0 Å². The standard InChI is InChI=1S/C21H23N3O3S/c1-15-21(16(2)24(23-15)14-18-7-5-4-6-8-18)13-22-28(26,27)20-11-9-19(10-12-20)17(3)25/h4-12,22H,13-14H2,1-3H3. The number of nitrogens with one attached hydrogen (secondary N) is 1. The normalized spacial score (nSPS) is 11.5. The van der Waals surface area contributed by atoms with Crippen LogP contribution < -0.4 is 4.72 Å². The van der Waals surface area contributed by atoms with Gasteiger partial charge in [0.1, 0.15) is 0 Å². The van der Waals surface area contributed by atoms with Crippen LogP contribution in [0.4, 0.5) is 0 Å². The molecular weight excluding hydrogens is 374 g/mol. The van der Waals surface area contributed by atoms with E-state index in [0.717, 1.165) is 22.5 Å². The van der Waals surface area contributed by atoms with E-state index >= 15 is 0 Å². The lowest BCUT2D eigenvalue weighted by molar-refractivity contribution is 0.101. The minimum absolute atomic E-state index is 0.103. The number of rotatable bonds is 7. The van der Waals surface area contributed by atoms with Crippen molar-refractivity contribution in [2.75, 3.05) is 0 Å². The minimum Gasteiger partial charge on any atom is -0.295 e. The first-order chi connectivity index (χ1) is 13.3. The number of benzene rings is 2. The van der Waals surface area contributed by atoms with Crippen molar-refractivity contribution < 1.29 is 13.2 Å². The van der Waals surface area contributed by atoms with Crippen LogP contribution in [0.5, 0.6) is 0 Å². The summed E-state index contributed by atoms with van der Waals surface area (Å²) < 4.78 is 29.7. The van der Waals surface area contributed by atoms with Crippen LogP contribution >= 0.6 is 0 Å². The Hall–Kier alpha value is -2.77. The molecule has 3 rings (SSSR count). The van der Waals surface area contributed by atoms with E-state index in [1.165, 1.54) is 31.2 Å². The van der Waals surface area contributed by atoms with Gasteiger partial charge in [-0.15, -0.1) is 0 Å². The second-order valence-electron chi connectivity index (χ2n) is 6.70. The van der Waals surface area contributed by atoms with Gasteiger partial charge < -0.3 is 0 Å². The molecule has 1 N–H and O–H groups in total. The maximum absolute atomic E-state index is 12.6. The van der Waals surface area contributed by atoms with Crippen molar-refractivity contribution >= 4 is 15.8 Å². The van der Waals surface area contributed by atoms with E-state index < -0.39 is 10.0 Å². The molecule has 28 heavy (non-hydrogen) atoms. The predicted molar refractivity (Wildman–Crippen MR) is 108 cm³/mol. The van der Waals surface area contributed by atoms with E-state index in [1.807, 2.05) is 48.9 Å². The molecule has 2 aromatic carbocycles. The highest BCUT2D eigenvalue weighted by atomic mass is 32.2. The number of aromatic nitrogens is 2. The summed E-state index contributed by atoms with van der Waals surface area (Å²) in [5, 5.41) is 4.55. The van der Waals surface area contributed by atoms with Crippen LogP contribution in [-0.4, -0.2) is 24.0 Å². The summed E-state index contributed by atoms with van der Waals surface area (Å²) in [6, 6.07) is 15.9. The minimum atomic E-state index is -3.68. The summed E-state index contributed by atoms with van der Waals surface area (Å²) in [6.07, 6.45) is 0. The largest absolute Gasteiger partial charge is 0.295 e. The maximum Gasteiger partial charge on any atom is 0.240 e. The van der Waals surface area contributed by atoms with Gasteiger partial charge in [0.05, 0.1) is 17.1 Å². The van der Waals surface area contributed by atoms with Gasteiger partial charge in [-0.05, 0) is 38.5 Å². The molecule has 1 aromatic heterocycles. The third-order valence-electron chi connectivity index (χ3n) is 4.72. The molecule has 0 saturated heterocycles. The third-order valence-corrected chi connectivity index (χ3v) is 6.13. The number of ketones is 1. The van der Waals surface area contributed by atoms with Crippen molar-refractivity contribution in [2.45, 2.75) is 38.8 Å². The Morgan fingerprint density at radius 3 is 2.29 bits per heavy atom. The second-order valence-corrected chi connectivity index (χ2v) is 8.46. The van der Waals surface area contributed by atoms with E-state index in [1.54, 1.807) is 0 Å². The number of Topliss-reactive ketones (excluding diaryl/α,β-unsaturated/α-hetero) is 1. The highest BCUT2D eigenvalue weighted by molar-refractivity contribution is 7.89. The molecule has 0 aliphatic rings. The maximum atomic E-state index is 12.6. The lowest BCUT2D eigenvalue weighted by Gasteiger charge is -2.09. The van der Waals surface area contributed by atoms with Crippen LogP contribution in [0.15, 0.2) is 59.5 Å². The molecule has 3 aromatic rings. The van der Waals surface area contributed by atoms with Crippen LogP contribution in [0.1, 0.15) is 39.8 Å². The Labute approximate surface area is 165 Å². The second kappa shape index (κ2) is 8.08. The number of carbonyl (C=O) groups is 1. The molecule has 146 valence electrons. The predicted octanol–water partition coefficient (Wildman–Crippen LogP) is 3.23. The number of sulfonamides is 1. The topological polar surface area (TPSA) is 81.1 Å². The number of aryl methyl sites for hydroxylation is 1. The van der Waals surface area contributed by atoms with Crippen molar-refractivity contribution in [1.82, 2.24) is 14.5 Å². The molecule has 0 aliphatic carbocycles. The zero-order valence-corrected chi connectivity index (χ0v) is 17.0. The molecule has 0 radical (unpaired) electrons. The van der Waals surface area contributed by atoms with Crippen LogP contribution in [-0.2, 0) is 23.1 Å². The fourth-order valence-electron chi connectivity index (χ4n) is 3.02. The molecule has 7 heteroatoms. The van der Waals surface area contributed by atoms with E-state index in [-0.39, 0.29) is 17.2 Å². The molecule has 0 saturated carbocycles. The van der Waals surface area contributed by atoms with E-state index in [9.17, 15) is 13.2 Å². The Morgan fingerprint density at radius 1 is 1.04 bits per heavy atom. The highest BCUT2D eigenvalue weighted by Gasteiger charge is 2.18. The zero-order valence-electron chi connectivity index (χ0n) is 16.1. The van der Waals surface area contributed by atoms with Crippen molar-refractivity contribution in [2.24, 2.45) is 0 Å². The number of hydrogen-bond acceptors (Lipinski definition) is 4. The summed E-state index contributed by atoms with van der Waals surface area (Å²) in [4.78, 5) is 11.5. The summed E-state index contributed by atoms with van der Waals surface area (Å²) in [6.45, 7) is 6.05. The van der Waals surface area contributed by atoms with Gasteiger partial charge in [0, 0.05) is 23.4 Å². The van der Waals surface area contributed by atoms with Gasteiger partial charge in [0.2, 0.25) is 10.0 Å². The fourth-order valence-corrected chi connectivity index (χ4v) is 4.01. The third kappa shape index (κ3) is 4.37. The average molecular weight is 398 g/mol.